The normalized spacial score (nSPS) is 11.5. The molecule has 0 amide bonds. The number of rotatable bonds is 3. The first kappa shape index (κ1) is 15.5. The Morgan fingerprint density at radius 3 is 2.43 bits per heavy atom. The van der Waals surface area contributed by atoms with Crippen LogP contribution in [-0.4, -0.2) is 5.11 Å². The van der Waals surface area contributed by atoms with Gasteiger partial charge in [0.25, 0.3) is 0 Å². The Morgan fingerprint density at radius 1 is 1.14 bits per heavy atom. The van der Waals surface area contributed by atoms with Crippen molar-refractivity contribution in [2.45, 2.75) is 39.7 Å². The van der Waals surface area contributed by atoms with Crippen molar-refractivity contribution in [1.82, 2.24) is 0 Å². The maximum atomic E-state index is 13.9. The lowest BCUT2D eigenvalue weighted by Crippen LogP contribution is -2.11. The molecule has 2 aromatic carbocycles. The Hall–Kier alpha value is -1.87. The van der Waals surface area contributed by atoms with Crippen molar-refractivity contribution >= 4 is 0 Å². The number of ether oxygens (including phenoxy) is 1. The first-order valence-corrected chi connectivity index (χ1v) is 7.00. The van der Waals surface area contributed by atoms with Crippen molar-refractivity contribution in [2.24, 2.45) is 0 Å². The van der Waals surface area contributed by atoms with Crippen LogP contribution in [0, 0.1) is 12.7 Å². The minimum absolute atomic E-state index is 0.0531. The lowest BCUT2D eigenvalue weighted by Gasteiger charge is -2.21. The molecule has 0 unspecified atom stereocenters. The summed E-state index contributed by atoms with van der Waals surface area (Å²) in [5.74, 6) is 0.218. The van der Waals surface area contributed by atoms with E-state index in [2.05, 4.69) is 26.8 Å². The van der Waals surface area contributed by atoms with Gasteiger partial charge in [-0.3, -0.25) is 0 Å². The molecule has 2 nitrogen and oxygen atoms in total. The third-order valence-electron chi connectivity index (χ3n) is 3.47. The van der Waals surface area contributed by atoms with Crippen LogP contribution in [0.4, 0.5) is 4.39 Å². The van der Waals surface area contributed by atoms with E-state index in [-0.39, 0.29) is 17.8 Å². The smallest absolute Gasteiger partial charge is 0.168 e. The molecular weight excluding hydrogens is 267 g/mol. The Kier molecular flexibility index (Phi) is 4.33. The zero-order valence-electron chi connectivity index (χ0n) is 12.9. The van der Waals surface area contributed by atoms with Crippen molar-refractivity contribution in [1.29, 1.82) is 0 Å². The van der Waals surface area contributed by atoms with Gasteiger partial charge in [0.15, 0.2) is 11.6 Å². The molecule has 112 valence electrons. The van der Waals surface area contributed by atoms with Crippen LogP contribution in [0.25, 0.3) is 0 Å². The molecular formula is C18H21FO2. The molecule has 0 aliphatic rings. The fourth-order valence-electron chi connectivity index (χ4n) is 2.13. The summed E-state index contributed by atoms with van der Waals surface area (Å²) in [6.07, 6.45) is 0. The maximum Gasteiger partial charge on any atom is 0.168 e. The van der Waals surface area contributed by atoms with Crippen molar-refractivity contribution in [3.8, 4) is 11.5 Å². The van der Waals surface area contributed by atoms with Gasteiger partial charge in [-0.25, -0.2) is 4.39 Å². The molecule has 0 saturated heterocycles. The van der Waals surface area contributed by atoms with E-state index in [1.165, 1.54) is 11.6 Å². The van der Waals surface area contributed by atoms with Crippen LogP contribution in [0.5, 0.6) is 11.5 Å². The van der Waals surface area contributed by atoms with Crippen LogP contribution in [0.2, 0.25) is 0 Å². The number of hydrogen-bond acceptors (Lipinski definition) is 2. The number of para-hydroxylation sites is 1. The quantitative estimate of drug-likeness (QED) is 0.885. The van der Waals surface area contributed by atoms with E-state index in [0.717, 1.165) is 5.56 Å². The highest BCUT2D eigenvalue weighted by Crippen LogP contribution is 2.33. The van der Waals surface area contributed by atoms with Gasteiger partial charge in [0.2, 0.25) is 0 Å². The van der Waals surface area contributed by atoms with E-state index in [9.17, 15) is 9.50 Å². The molecule has 1 N–H and O–H groups in total. The summed E-state index contributed by atoms with van der Waals surface area (Å²) >= 11 is 0. The van der Waals surface area contributed by atoms with Gasteiger partial charge in [-0.2, -0.15) is 0 Å². The summed E-state index contributed by atoms with van der Waals surface area (Å²) in [6, 6.07) is 10.4. The predicted octanol–water partition coefficient (Wildman–Crippen LogP) is 4.72. The minimum Gasteiger partial charge on any atom is -0.454 e. The van der Waals surface area contributed by atoms with E-state index in [1.807, 2.05) is 19.1 Å². The highest BCUT2D eigenvalue weighted by molar-refractivity contribution is 5.44. The van der Waals surface area contributed by atoms with Crippen molar-refractivity contribution in [3.05, 3.63) is 58.9 Å². The first-order valence-electron chi connectivity index (χ1n) is 7.00. The monoisotopic (exact) mass is 288 g/mol. The highest BCUT2D eigenvalue weighted by Gasteiger charge is 2.16. The highest BCUT2D eigenvalue weighted by atomic mass is 19.1. The number of benzene rings is 2. The molecule has 3 heteroatoms. The van der Waals surface area contributed by atoms with E-state index in [4.69, 9.17) is 4.74 Å². The molecule has 0 aliphatic heterocycles. The van der Waals surface area contributed by atoms with Crippen molar-refractivity contribution in [2.75, 3.05) is 0 Å². The SMILES string of the molecule is Cc1cc(C(C)(C)C)ccc1Oc1c(F)cccc1CO. The Labute approximate surface area is 125 Å². The predicted molar refractivity (Wildman–Crippen MR) is 82.3 cm³/mol. The number of halogens is 1. The topological polar surface area (TPSA) is 29.5 Å². The summed E-state index contributed by atoms with van der Waals surface area (Å²) in [5.41, 5.74) is 2.63. The molecule has 0 aliphatic carbocycles. The van der Waals surface area contributed by atoms with Crippen LogP contribution >= 0.6 is 0 Å². The summed E-state index contributed by atoms with van der Waals surface area (Å²) in [5, 5.41) is 9.29. The summed E-state index contributed by atoms with van der Waals surface area (Å²) < 4.78 is 19.6. The van der Waals surface area contributed by atoms with Gasteiger partial charge < -0.3 is 9.84 Å². The zero-order valence-corrected chi connectivity index (χ0v) is 12.9. The fourth-order valence-corrected chi connectivity index (χ4v) is 2.13. The van der Waals surface area contributed by atoms with Crippen LogP contribution in [0.3, 0.4) is 0 Å². The number of aryl methyl sites for hydroxylation is 1. The Balaban J connectivity index is 2.37. The molecule has 0 radical (unpaired) electrons. The standard InChI is InChI=1S/C18H21FO2/c1-12-10-14(18(2,3)4)8-9-16(12)21-17-13(11-20)6-5-7-15(17)19/h5-10,20H,11H2,1-4H3. The van der Waals surface area contributed by atoms with Gasteiger partial charge in [0, 0.05) is 5.56 Å². The van der Waals surface area contributed by atoms with E-state index in [0.29, 0.717) is 11.3 Å². The molecule has 0 aromatic heterocycles. The van der Waals surface area contributed by atoms with Crippen molar-refractivity contribution < 1.29 is 14.2 Å². The second-order valence-electron chi connectivity index (χ2n) is 6.22. The molecule has 0 fully saturated rings. The maximum absolute atomic E-state index is 13.9. The molecule has 0 atom stereocenters. The average molecular weight is 288 g/mol. The van der Waals surface area contributed by atoms with Gasteiger partial charge in [-0.05, 0) is 35.6 Å². The van der Waals surface area contributed by atoms with E-state index in [1.54, 1.807) is 12.1 Å². The minimum atomic E-state index is -0.471. The summed E-state index contributed by atoms with van der Waals surface area (Å²) in [6.45, 7) is 8.10. The van der Waals surface area contributed by atoms with Crippen LogP contribution in [-0.2, 0) is 12.0 Å². The third kappa shape index (κ3) is 3.42. The third-order valence-corrected chi connectivity index (χ3v) is 3.47. The fraction of sp³-hybridized carbons (Fsp3) is 0.333. The number of aliphatic hydroxyl groups is 1. The van der Waals surface area contributed by atoms with Gasteiger partial charge in [-0.1, -0.05) is 45.0 Å². The Morgan fingerprint density at radius 2 is 1.86 bits per heavy atom. The second-order valence-corrected chi connectivity index (χ2v) is 6.22. The van der Waals surface area contributed by atoms with E-state index >= 15 is 0 Å². The largest absolute Gasteiger partial charge is 0.454 e. The number of aliphatic hydroxyl groups excluding tert-OH is 1. The van der Waals surface area contributed by atoms with Crippen LogP contribution < -0.4 is 4.74 Å². The average Bonchev–Trinajstić information content (AvgIpc) is 2.41. The van der Waals surface area contributed by atoms with Crippen LogP contribution in [0.15, 0.2) is 36.4 Å². The molecule has 0 saturated carbocycles. The second kappa shape index (κ2) is 5.86. The molecule has 2 rings (SSSR count). The van der Waals surface area contributed by atoms with Gasteiger partial charge in [0.05, 0.1) is 6.61 Å². The van der Waals surface area contributed by atoms with Crippen LogP contribution in [0.1, 0.15) is 37.5 Å². The molecule has 0 spiro atoms. The molecule has 21 heavy (non-hydrogen) atoms. The van der Waals surface area contributed by atoms with Gasteiger partial charge in [-0.15, -0.1) is 0 Å². The van der Waals surface area contributed by atoms with Crippen molar-refractivity contribution in [3.63, 3.8) is 0 Å². The Bertz CT molecular complexity index is 642. The van der Waals surface area contributed by atoms with Gasteiger partial charge >= 0.3 is 0 Å². The zero-order chi connectivity index (χ0) is 15.6. The molecule has 2 aromatic rings. The molecule has 0 heterocycles. The van der Waals surface area contributed by atoms with E-state index < -0.39 is 5.82 Å². The summed E-state index contributed by atoms with van der Waals surface area (Å²) in [4.78, 5) is 0. The molecule has 0 bridgehead atoms. The lowest BCUT2D eigenvalue weighted by molar-refractivity contribution is 0.274. The first-order chi connectivity index (χ1) is 9.82. The van der Waals surface area contributed by atoms with Gasteiger partial charge in [0.1, 0.15) is 5.75 Å². The lowest BCUT2D eigenvalue weighted by atomic mass is 9.86. The number of hydrogen-bond donors (Lipinski definition) is 1. The summed E-state index contributed by atoms with van der Waals surface area (Å²) in [7, 11) is 0.